The van der Waals surface area contributed by atoms with Crippen molar-refractivity contribution in [3.8, 4) is 5.69 Å². The summed E-state index contributed by atoms with van der Waals surface area (Å²) in [5, 5.41) is 3.39. The number of nitrogens with one attached hydrogen (secondary N) is 1. The Hall–Kier alpha value is -1.75. The fourth-order valence-electron chi connectivity index (χ4n) is 2.55. The molecule has 1 atom stereocenters. The molecule has 0 amide bonds. The number of imidazole rings is 1. The van der Waals surface area contributed by atoms with Crippen molar-refractivity contribution < 1.29 is 8.78 Å². The zero-order valence-electron chi connectivity index (χ0n) is 10.4. The number of hydrogen-bond donors (Lipinski definition) is 1. The first-order valence-electron chi connectivity index (χ1n) is 6.47. The number of halogens is 2. The van der Waals surface area contributed by atoms with Crippen LogP contribution in [-0.2, 0) is 0 Å². The second-order valence-electron chi connectivity index (χ2n) is 4.76. The zero-order valence-corrected chi connectivity index (χ0v) is 10.4. The lowest BCUT2D eigenvalue weighted by molar-refractivity contribution is 0.400. The van der Waals surface area contributed by atoms with Crippen molar-refractivity contribution in [1.82, 2.24) is 14.9 Å². The molecule has 0 bridgehead atoms. The number of nitrogens with zero attached hydrogens (tertiary/aromatic N) is 2. The van der Waals surface area contributed by atoms with Crippen LogP contribution in [0.5, 0.6) is 0 Å². The van der Waals surface area contributed by atoms with Crippen LogP contribution in [0.3, 0.4) is 0 Å². The standard InChI is InChI=1S/C14H15F2N3/c15-10-4-3-6-12(14(10)16)19-9-17-8-13(19)11-5-1-2-7-18-11/h3-4,6,8-9,11,18H,1-2,5,7H2. The molecular formula is C14H15F2N3. The Morgan fingerprint density at radius 2 is 2.16 bits per heavy atom. The molecule has 2 aromatic rings. The highest BCUT2D eigenvalue weighted by molar-refractivity contribution is 5.36. The van der Waals surface area contributed by atoms with Gasteiger partial charge in [0.2, 0.25) is 0 Å². The SMILES string of the molecule is Fc1cccc(-n2cncc2C2CCCCN2)c1F. The van der Waals surface area contributed by atoms with E-state index in [0.29, 0.717) is 0 Å². The largest absolute Gasteiger partial charge is 0.309 e. The van der Waals surface area contributed by atoms with E-state index in [1.54, 1.807) is 16.8 Å². The maximum absolute atomic E-state index is 13.9. The van der Waals surface area contributed by atoms with Gasteiger partial charge in [0.05, 0.1) is 23.9 Å². The van der Waals surface area contributed by atoms with E-state index in [2.05, 4.69) is 10.3 Å². The van der Waals surface area contributed by atoms with Crippen molar-refractivity contribution in [2.24, 2.45) is 0 Å². The summed E-state index contributed by atoms with van der Waals surface area (Å²) in [6.45, 7) is 0.946. The topological polar surface area (TPSA) is 29.9 Å². The highest BCUT2D eigenvalue weighted by Crippen LogP contribution is 2.26. The summed E-state index contributed by atoms with van der Waals surface area (Å²) < 4.78 is 28.8. The summed E-state index contributed by atoms with van der Waals surface area (Å²) in [6.07, 6.45) is 6.52. The highest BCUT2D eigenvalue weighted by atomic mass is 19.2. The monoisotopic (exact) mass is 263 g/mol. The van der Waals surface area contributed by atoms with Gasteiger partial charge in [-0.05, 0) is 31.5 Å². The predicted octanol–water partition coefficient (Wildman–Crippen LogP) is 2.97. The number of rotatable bonds is 2. The fraction of sp³-hybridized carbons (Fsp3) is 0.357. The van der Waals surface area contributed by atoms with Gasteiger partial charge in [0.1, 0.15) is 0 Å². The summed E-state index contributed by atoms with van der Waals surface area (Å²) in [6, 6.07) is 4.34. The molecule has 3 rings (SSSR count). The van der Waals surface area contributed by atoms with Gasteiger partial charge in [0.15, 0.2) is 11.6 Å². The van der Waals surface area contributed by atoms with Crippen molar-refractivity contribution in [1.29, 1.82) is 0 Å². The summed E-state index contributed by atoms with van der Waals surface area (Å²) in [5.41, 5.74) is 1.09. The third kappa shape index (κ3) is 2.26. The second-order valence-corrected chi connectivity index (χ2v) is 4.76. The number of aromatic nitrogens is 2. The van der Waals surface area contributed by atoms with E-state index in [-0.39, 0.29) is 11.7 Å². The van der Waals surface area contributed by atoms with Crippen molar-refractivity contribution in [3.63, 3.8) is 0 Å². The van der Waals surface area contributed by atoms with Crippen molar-refractivity contribution in [3.05, 3.63) is 48.1 Å². The Balaban J connectivity index is 2.01. The summed E-state index contributed by atoms with van der Waals surface area (Å²) in [4.78, 5) is 4.08. The van der Waals surface area contributed by atoms with Gasteiger partial charge in [0, 0.05) is 6.04 Å². The van der Waals surface area contributed by atoms with E-state index in [1.807, 2.05) is 0 Å². The molecule has 0 aliphatic carbocycles. The Labute approximate surface area is 110 Å². The molecular weight excluding hydrogens is 248 g/mol. The molecule has 0 saturated carbocycles. The lowest BCUT2D eigenvalue weighted by atomic mass is 10.0. The van der Waals surface area contributed by atoms with E-state index in [9.17, 15) is 8.78 Å². The van der Waals surface area contributed by atoms with Gasteiger partial charge in [-0.2, -0.15) is 0 Å². The van der Waals surface area contributed by atoms with Crippen LogP contribution in [-0.4, -0.2) is 16.1 Å². The molecule has 1 aliphatic rings. The van der Waals surface area contributed by atoms with Crippen LogP contribution in [0.4, 0.5) is 8.78 Å². The normalized spacial score (nSPS) is 19.6. The van der Waals surface area contributed by atoms with Crippen LogP contribution in [0.2, 0.25) is 0 Å². The maximum atomic E-state index is 13.9. The molecule has 1 aliphatic heterocycles. The molecule has 1 fully saturated rings. The van der Waals surface area contributed by atoms with E-state index in [4.69, 9.17) is 0 Å². The van der Waals surface area contributed by atoms with Gasteiger partial charge in [-0.3, -0.25) is 4.57 Å². The first-order valence-corrected chi connectivity index (χ1v) is 6.47. The van der Waals surface area contributed by atoms with Gasteiger partial charge < -0.3 is 5.32 Å². The van der Waals surface area contributed by atoms with Gasteiger partial charge >= 0.3 is 0 Å². The smallest absolute Gasteiger partial charge is 0.182 e. The molecule has 100 valence electrons. The molecule has 1 unspecified atom stereocenters. The molecule has 1 aromatic carbocycles. The lowest BCUT2D eigenvalue weighted by Gasteiger charge is -2.24. The fourth-order valence-corrected chi connectivity index (χ4v) is 2.55. The summed E-state index contributed by atoms with van der Waals surface area (Å²) >= 11 is 0. The van der Waals surface area contributed by atoms with Crippen LogP contribution in [0, 0.1) is 11.6 Å². The Bertz CT molecular complexity index is 574. The Kier molecular flexibility index (Phi) is 3.29. The third-order valence-electron chi connectivity index (χ3n) is 3.53. The first-order chi connectivity index (χ1) is 9.27. The van der Waals surface area contributed by atoms with Crippen LogP contribution >= 0.6 is 0 Å². The quantitative estimate of drug-likeness (QED) is 0.902. The maximum Gasteiger partial charge on any atom is 0.182 e. The van der Waals surface area contributed by atoms with Crippen LogP contribution in [0.15, 0.2) is 30.7 Å². The van der Waals surface area contributed by atoms with Gasteiger partial charge in [-0.1, -0.05) is 12.5 Å². The van der Waals surface area contributed by atoms with E-state index >= 15 is 0 Å². The minimum atomic E-state index is -0.839. The third-order valence-corrected chi connectivity index (χ3v) is 3.53. The average Bonchev–Trinajstić information content (AvgIpc) is 2.92. The first kappa shape index (κ1) is 12.3. The number of benzene rings is 1. The minimum Gasteiger partial charge on any atom is -0.309 e. The van der Waals surface area contributed by atoms with Crippen LogP contribution in [0.25, 0.3) is 5.69 Å². The Morgan fingerprint density at radius 3 is 2.95 bits per heavy atom. The molecule has 1 aromatic heterocycles. The molecule has 1 saturated heterocycles. The predicted molar refractivity (Wildman–Crippen MR) is 68.1 cm³/mol. The van der Waals surface area contributed by atoms with Crippen molar-refractivity contribution in [2.45, 2.75) is 25.3 Å². The minimum absolute atomic E-state index is 0.152. The summed E-state index contributed by atoms with van der Waals surface area (Å²) in [5.74, 6) is -1.67. The molecule has 2 heterocycles. The van der Waals surface area contributed by atoms with Crippen LogP contribution in [0.1, 0.15) is 31.0 Å². The van der Waals surface area contributed by atoms with E-state index in [1.165, 1.54) is 12.4 Å². The zero-order chi connectivity index (χ0) is 13.2. The molecule has 5 heteroatoms. The molecule has 0 radical (unpaired) electrons. The van der Waals surface area contributed by atoms with E-state index < -0.39 is 11.6 Å². The van der Waals surface area contributed by atoms with Crippen LogP contribution < -0.4 is 5.32 Å². The lowest BCUT2D eigenvalue weighted by Crippen LogP contribution is -2.28. The van der Waals surface area contributed by atoms with Gasteiger partial charge in [-0.25, -0.2) is 13.8 Å². The molecule has 3 nitrogen and oxygen atoms in total. The van der Waals surface area contributed by atoms with Crippen molar-refractivity contribution in [2.75, 3.05) is 6.54 Å². The van der Waals surface area contributed by atoms with E-state index in [0.717, 1.165) is 37.6 Å². The van der Waals surface area contributed by atoms with Gasteiger partial charge in [-0.15, -0.1) is 0 Å². The average molecular weight is 263 g/mol. The summed E-state index contributed by atoms with van der Waals surface area (Å²) in [7, 11) is 0. The Morgan fingerprint density at radius 1 is 1.26 bits per heavy atom. The molecule has 0 spiro atoms. The second kappa shape index (κ2) is 5.09. The molecule has 19 heavy (non-hydrogen) atoms. The molecule has 1 N–H and O–H groups in total. The number of piperidine rings is 1. The number of hydrogen-bond acceptors (Lipinski definition) is 2. The van der Waals surface area contributed by atoms with Gasteiger partial charge in [0.25, 0.3) is 0 Å². The van der Waals surface area contributed by atoms with Crippen molar-refractivity contribution >= 4 is 0 Å². The highest BCUT2D eigenvalue weighted by Gasteiger charge is 2.20.